The summed E-state index contributed by atoms with van der Waals surface area (Å²) in [6.45, 7) is 9.19. The Kier molecular flexibility index (Phi) is 8.55. The van der Waals surface area contributed by atoms with Crippen LogP contribution < -0.4 is 5.32 Å². The fourth-order valence-electron chi connectivity index (χ4n) is 4.59. The van der Waals surface area contributed by atoms with Gasteiger partial charge in [-0.1, -0.05) is 37.3 Å². The number of ether oxygens (including phenoxy) is 1. The predicted octanol–water partition coefficient (Wildman–Crippen LogP) is 5.34. The lowest BCUT2D eigenvalue weighted by Crippen LogP contribution is -2.60. The second kappa shape index (κ2) is 11.4. The Morgan fingerprint density at radius 1 is 1.11 bits per heavy atom. The van der Waals surface area contributed by atoms with Crippen LogP contribution in [0.4, 0.5) is 9.18 Å². The van der Waals surface area contributed by atoms with Gasteiger partial charge in [0.1, 0.15) is 29.6 Å². The average Bonchev–Trinajstić information content (AvgIpc) is 2.84. The van der Waals surface area contributed by atoms with Crippen LogP contribution in [0.2, 0.25) is 0 Å². The Morgan fingerprint density at radius 3 is 2.35 bits per heavy atom. The number of piperidine rings is 1. The van der Waals surface area contributed by atoms with Crippen molar-refractivity contribution in [3.05, 3.63) is 59.4 Å². The van der Waals surface area contributed by atoms with Crippen LogP contribution in [0.25, 0.3) is 11.1 Å². The Labute approximate surface area is 217 Å². The van der Waals surface area contributed by atoms with Crippen LogP contribution in [0.5, 0.6) is 0 Å². The average molecular weight is 505 g/mol. The number of hydrogen-bond donors (Lipinski definition) is 1. The van der Waals surface area contributed by atoms with E-state index in [2.05, 4.69) is 11.4 Å². The standard InChI is InChI=1S/C29H33FN4O3/c1-18-6-7-19(2)34(28(36)37-29(3,4)5)26(18)27(35)33-24(17-32)14-20-8-10-21(11-9-20)22-12-13-25(30)23(15-22)16-31/h8-13,15,18-19,24,26H,6-7,14H2,1-5H3,(H,33,35)/t18-,19+,24+,26+/m1/s1. The van der Waals surface area contributed by atoms with Crippen molar-refractivity contribution < 1.29 is 18.7 Å². The van der Waals surface area contributed by atoms with Gasteiger partial charge in [-0.2, -0.15) is 10.5 Å². The molecule has 194 valence electrons. The van der Waals surface area contributed by atoms with Gasteiger partial charge in [0.2, 0.25) is 5.91 Å². The van der Waals surface area contributed by atoms with Crippen LogP contribution in [0, 0.1) is 34.4 Å². The van der Waals surface area contributed by atoms with E-state index in [1.165, 1.54) is 17.0 Å². The summed E-state index contributed by atoms with van der Waals surface area (Å²) in [6, 6.07) is 14.0. The number of carbonyl (C=O) groups is 2. The van der Waals surface area contributed by atoms with Crippen molar-refractivity contribution in [1.82, 2.24) is 10.2 Å². The van der Waals surface area contributed by atoms with Crippen LogP contribution in [0.3, 0.4) is 0 Å². The maximum absolute atomic E-state index is 13.6. The first kappa shape index (κ1) is 27.7. The van der Waals surface area contributed by atoms with Crippen molar-refractivity contribution in [1.29, 1.82) is 10.5 Å². The zero-order chi connectivity index (χ0) is 27.3. The van der Waals surface area contributed by atoms with E-state index in [1.54, 1.807) is 26.8 Å². The van der Waals surface area contributed by atoms with Crippen molar-refractivity contribution in [2.75, 3.05) is 0 Å². The molecule has 0 spiro atoms. The van der Waals surface area contributed by atoms with Crippen LogP contribution in [-0.4, -0.2) is 40.6 Å². The minimum atomic E-state index is -0.792. The number of rotatable bonds is 5. The second-order valence-corrected chi connectivity index (χ2v) is 10.6. The number of nitrogens with zero attached hydrogens (tertiary/aromatic N) is 3. The molecule has 0 unspecified atom stereocenters. The minimum absolute atomic E-state index is 0.0273. The SMILES string of the molecule is C[C@@H]1CC[C@H](C)N(C(=O)OC(C)(C)C)[C@@H]1C(=O)N[C@H](C#N)Cc1ccc(-c2ccc(F)c(C#N)c2)cc1. The molecule has 8 heteroatoms. The summed E-state index contributed by atoms with van der Waals surface area (Å²) in [7, 11) is 0. The lowest BCUT2D eigenvalue weighted by Gasteiger charge is -2.43. The first-order valence-electron chi connectivity index (χ1n) is 12.4. The highest BCUT2D eigenvalue weighted by Crippen LogP contribution is 2.30. The summed E-state index contributed by atoms with van der Waals surface area (Å²) in [5.41, 5.74) is 1.62. The zero-order valence-electron chi connectivity index (χ0n) is 21.9. The Morgan fingerprint density at radius 2 is 1.76 bits per heavy atom. The van der Waals surface area contributed by atoms with Gasteiger partial charge in [-0.3, -0.25) is 9.69 Å². The number of carbonyl (C=O) groups excluding carboxylic acids is 2. The van der Waals surface area contributed by atoms with Gasteiger partial charge in [-0.15, -0.1) is 0 Å². The molecule has 4 atom stereocenters. The number of hydrogen-bond acceptors (Lipinski definition) is 5. The van der Waals surface area contributed by atoms with E-state index < -0.39 is 29.6 Å². The number of halogens is 1. The van der Waals surface area contributed by atoms with E-state index in [9.17, 15) is 19.2 Å². The molecular formula is C29H33FN4O3. The van der Waals surface area contributed by atoms with E-state index in [4.69, 9.17) is 10.00 Å². The van der Waals surface area contributed by atoms with E-state index in [-0.39, 0.29) is 29.9 Å². The highest BCUT2D eigenvalue weighted by Gasteiger charge is 2.42. The van der Waals surface area contributed by atoms with Crippen LogP contribution in [-0.2, 0) is 16.0 Å². The molecule has 1 N–H and O–H groups in total. The first-order valence-corrected chi connectivity index (χ1v) is 12.4. The quantitative estimate of drug-likeness (QED) is 0.592. The predicted molar refractivity (Wildman–Crippen MR) is 138 cm³/mol. The molecule has 3 rings (SSSR count). The zero-order valence-corrected chi connectivity index (χ0v) is 21.9. The molecule has 1 heterocycles. The monoisotopic (exact) mass is 504 g/mol. The van der Waals surface area contributed by atoms with Crippen molar-refractivity contribution in [2.24, 2.45) is 5.92 Å². The van der Waals surface area contributed by atoms with Crippen molar-refractivity contribution >= 4 is 12.0 Å². The third-order valence-electron chi connectivity index (χ3n) is 6.51. The molecule has 0 aromatic heterocycles. The van der Waals surface area contributed by atoms with Crippen molar-refractivity contribution in [2.45, 2.75) is 77.6 Å². The number of likely N-dealkylation sites (tertiary alicyclic amines) is 1. The Bertz CT molecular complexity index is 1220. The van der Waals surface area contributed by atoms with Crippen molar-refractivity contribution in [3.63, 3.8) is 0 Å². The van der Waals surface area contributed by atoms with Gasteiger partial charge in [0.25, 0.3) is 0 Å². The van der Waals surface area contributed by atoms with Crippen LogP contribution in [0.15, 0.2) is 42.5 Å². The molecule has 1 fully saturated rings. The highest BCUT2D eigenvalue weighted by atomic mass is 19.1. The molecule has 0 saturated carbocycles. The van der Waals surface area contributed by atoms with Gasteiger partial charge in [0.15, 0.2) is 0 Å². The smallest absolute Gasteiger partial charge is 0.411 e. The topological polar surface area (TPSA) is 106 Å². The third kappa shape index (κ3) is 6.86. The Balaban J connectivity index is 1.72. The lowest BCUT2D eigenvalue weighted by atomic mass is 9.86. The van der Waals surface area contributed by atoms with Gasteiger partial charge < -0.3 is 10.1 Å². The number of nitriles is 2. The molecule has 2 aromatic rings. The van der Waals surface area contributed by atoms with E-state index >= 15 is 0 Å². The second-order valence-electron chi connectivity index (χ2n) is 10.6. The molecule has 37 heavy (non-hydrogen) atoms. The van der Waals surface area contributed by atoms with E-state index in [1.807, 2.05) is 44.2 Å². The Hall–Kier alpha value is -3.91. The fraction of sp³-hybridized carbons (Fsp3) is 0.448. The summed E-state index contributed by atoms with van der Waals surface area (Å²) >= 11 is 0. The molecule has 0 bridgehead atoms. The molecule has 2 amide bonds. The summed E-state index contributed by atoms with van der Waals surface area (Å²) < 4.78 is 19.2. The van der Waals surface area contributed by atoms with Gasteiger partial charge in [0, 0.05) is 12.5 Å². The molecule has 1 saturated heterocycles. The maximum atomic E-state index is 13.6. The van der Waals surface area contributed by atoms with E-state index in [0.717, 1.165) is 24.0 Å². The van der Waals surface area contributed by atoms with E-state index in [0.29, 0.717) is 5.56 Å². The van der Waals surface area contributed by atoms with Gasteiger partial charge >= 0.3 is 6.09 Å². The van der Waals surface area contributed by atoms with Crippen LogP contribution in [0.1, 0.15) is 58.6 Å². The fourth-order valence-corrected chi connectivity index (χ4v) is 4.59. The molecule has 0 radical (unpaired) electrons. The summed E-state index contributed by atoms with van der Waals surface area (Å²) in [4.78, 5) is 27.8. The third-order valence-corrected chi connectivity index (χ3v) is 6.51. The molecule has 1 aliphatic rings. The first-order chi connectivity index (χ1) is 17.4. The summed E-state index contributed by atoms with van der Waals surface area (Å²) in [5.74, 6) is -1.03. The highest BCUT2D eigenvalue weighted by molar-refractivity contribution is 5.87. The molecular weight excluding hydrogens is 471 g/mol. The van der Waals surface area contributed by atoms with Crippen LogP contribution >= 0.6 is 0 Å². The van der Waals surface area contributed by atoms with Crippen molar-refractivity contribution in [3.8, 4) is 23.3 Å². The number of amides is 2. The van der Waals surface area contributed by atoms with Gasteiger partial charge in [-0.25, -0.2) is 9.18 Å². The number of nitrogens with one attached hydrogen (secondary N) is 1. The van der Waals surface area contributed by atoms with Gasteiger partial charge in [0.05, 0.1) is 11.6 Å². The lowest BCUT2D eigenvalue weighted by molar-refractivity contribution is -0.131. The summed E-state index contributed by atoms with van der Waals surface area (Å²) in [6.07, 6.45) is 1.30. The maximum Gasteiger partial charge on any atom is 0.411 e. The molecule has 1 aliphatic heterocycles. The minimum Gasteiger partial charge on any atom is -0.444 e. The summed E-state index contributed by atoms with van der Waals surface area (Å²) in [5, 5.41) is 21.7. The molecule has 2 aromatic carbocycles. The largest absolute Gasteiger partial charge is 0.444 e. The molecule has 7 nitrogen and oxygen atoms in total. The molecule has 0 aliphatic carbocycles. The van der Waals surface area contributed by atoms with Gasteiger partial charge in [-0.05, 0) is 75.3 Å². The number of benzene rings is 2. The normalized spacial score (nSPS) is 20.3.